The van der Waals surface area contributed by atoms with Crippen molar-refractivity contribution in [1.29, 1.82) is 0 Å². The number of halogens is 1. The Hall–Kier alpha value is -1.97. The van der Waals surface area contributed by atoms with Crippen molar-refractivity contribution in [3.63, 3.8) is 0 Å². The van der Waals surface area contributed by atoms with Crippen molar-refractivity contribution >= 4 is 37.6 Å². The fourth-order valence-corrected chi connectivity index (χ4v) is 5.15. The topological polar surface area (TPSA) is 87.9 Å². The standard InChI is InChI=1S/C19H21BrN2O5S/c1-12(23)15-4-6-16(7-5-15)28(25,26)22-10-8-21(9-11-22)19(24)17-13(2)27-14(3)18(17)20/h4-7H,8-11H2,1-3H3. The van der Waals surface area contributed by atoms with Crippen LogP contribution >= 0.6 is 15.9 Å². The van der Waals surface area contributed by atoms with Gasteiger partial charge >= 0.3 is 0 Å². The minimum Gasteiger partial charge on any atom is -0.465 e. The van der Waals surface area contributed by atoms with Gasteiger partial charge in [-0.2, -0.15) is 4.31 Å². The van der Waals surface area contributed by atoms with E-state index in [2.05, 4.69) is 15.9 Å². The Morgan fingerprint density at radius 3 is 2.04 bits per heavy atom. The predicted octanol–water partition coefficient (Wildman–Crippen LogP) is 3.01. The minimum atomic E-state index is -3.67. The number of benzene rings is 1. The van der Waals surface area contributed by atoms with Gasteiger partial charge in [-0.25, -0.2) is 8.42 Å². The van der Waals surface area contributed by atoms with Gasteiger partial charge in [0.15, 0.2) is 5.78 Å². The van der Waals surface area contributed by atoms with Gasteiger partial charge in [-0.1, -0.05) is 12.1 Å². The van der Waals surface area contributed by atoms with Gasteiger partial charge in [0.1, 0.15) is 11.5 Å². The average molecular weight is 469 g/mol. The highest BCUT2D eigenvalue weighted by Crippen LogP contribution is 2.29. The summed E-state index contributed by atoms with van der Waals surface area (Å²) in [7, 11) is -3.67. The highest BCUT2D eigenvalue weighted by molar-refractivity contribution is 9.10. The summed E-state index contributed by atoms with van der Waals surface area (Å²) < 4.78 is 33.2. The van der Waals surface area contributed by atoms with E-state index in [1.807, 2.05) is 0 Å². The van der Waals surface area contributed by atoms with Crippen molar-refractivity contribution in [2.45, 2.75) is 25.7 Å². The molecule has 0 bridgehead atoms. The molecule has 1 aliphatic heterocycles. The molecule has 0 unspecified atom stereocenters. The molecule has 0 N–H and O–H groups in total. The zero-order valence-corrected chi connectivity index (χ0v) is 18.3. The molecule has 0 aliphatic carbocycles. The summed E-state index contributed by atoms with van der Waals surface area (Å²) in [5.74, 6) is 0.877. The SMILES string of the molecule is CC(=O)c1ccc(S(=O)(=O)N2CCN(C(=O)c3c(C)oc(C)c3Br)CC2)cc1. The Labute approximate surface area is 172 Å². The molecule has 1 amide bonds. The predicted molar refractivity (Wildman–Crippen MR) is 107 cm³/mol. The molecule has 1 aromatic heterocycles. The molecular weight excluding hydrogens is 448 g/mol. The summed E-state index contributed by atoms with van der Waals surface area (Å²) in [5.41, 5.74) is 0.944. The quantitative estimate of drug-likeness (QED) is 0.643. The lowest BCUT2D eigenvalue weighted by molar-refractivity contribution is 0.0695. The van der Waals surface area contributed by atoms with Gasteiger partial charge in [0, 0.05) is 31.7 Å². The average Bonchev–Trinajstić information content (AvgIpc) is 2.93. The molecule has 0 saturated carbocycles. The minimum absolute atomic E-state index is 0.119. The number of amides is 1. The van der Waals surface area contributed by atoms with Crippen molar-refractivity contribution in [2.24, 2.45) is 0 Å². The summed E-state index contributed by atoms with van der Waals surface area (Å²) in [4.78, 5) is 26.0. The van der Waals surface area contributed by atoms with Crippen LogP contribution in [-0.2, 0) is 10.0 Å². The van der Waals surface area contributed by atoms with E-state index in [0.717, 1.165) is 0 Å². The van der Waals surface area contributed by atoms with Crippen LogP contribution in [0.2, 0.25) is 0 Å². The lowest BCUT2D eigenvalue weighted by Gasteiger charge is -2.34. The van der Waals surface area contributed by atoms with E-state index in [9.17, 15) is 18.0 Å². The Morgan fingerprint density at radius 1 is 1.00 bits per heavy atom. The molecule has 0 atom stereocenters. The van der Waals surface area contributed by atoms with Crippen LogP contribution in [-0.4, -0.2) is 55.5 Å². The summed E-state index contributed by atoms with van der Waals surface area (Å²) >= 11 is 3.39. The van der Waals surface area contributed by atoms with E-state index < -0.39 is 10.0 Å². The lowest BCUT2D eigenvalue weighted by Crippen LogP contribution is -2.50. The van der Waals surface area contributed by atoms with Crippen molar-refractivity contribution in [3.05, 3.63) is 51.4 Å². The molecule has 150 valence electrons. The second-order valence-corrected chi connectivity index (χ2v) is 9.41. The van der Waals surface area contributed by atoms with Crippen LogP contribution in [0.15, 0.2) is 38.1 Å². The first-order valence-electron chi connectivity index (χ1n) is 8.79. The maximum atomic E-state index is 12.8. The highest BCUT2D eigenvalue weighted by atomic mass is 79.9. The van der Waals surface area contributed by atoms with Crippen molar-refractivity contribution < 1.29 is 22.4 Å². The van der Waals surface area contributed by atoms with Crippen LogP contribution < -0.4 is 0 Å². The van der Waals surface area contributed by atoms with Gasteiger partial charge in [0.25, 0.3) is 5.91 Å². The number of carbonyl (C=O) groups is 2. The zero-order valence-electron chi connectivity index (χ0n) is 15.9. The number of Topliss-reactive ketones (excluding diaryl/α,β-unsaturated/α-hetero) is 1. The number of hydrogen-bond donors (Lipinski definition) is 0. The fraction of sp³-hybridized carbons (Fsp3) is 0.368. The molecule has 1 aromatic carbocycles. The number of nitrogens with zero attached hydrogens (tertiary/aromatic N) is 2. The van der Waals surface area contributed by atoms with Crippen molar-refractivity contribution in [2.75, 3.05) is 26.2 Å². The van der Waals surface area contributed by atoms with Crippen molar-refractivity contribution in [1.82, 2.24) is 9.21 Å². The van der Waals surface area contributed by atoms with Crippen LogP contribution in [0.25, 0.3) is 0 Å². The van der Waals surface area contributed by atoms with E-state index in [1.165, 1.54) is 35.5 Å². The third kappa shape index (κ3) is 3.78. The molecule has 1 fully saturated rings. The second kappa shape index (κ2) is 7.81. The summed E-state index contributed by atoms with van der Waals surface area (Å²) in [6.45, 7) is 5.93. The number of sulfonamides is 1. The summed E-state index contributed by atoms with van der Waals surface area (Å²) in [5, 5.41) is 0. The van der Waals surface area contributed by atoms with Crippen molar-refractivity contribution in [3.8, 4) is 0 Å². The molecular formula is C19H21BrN2O5S. The third-order valence-electron chi connectivity index (χ3n) is 4.83. The van der Waals surface area contributed by atoms with E-state index in [0.29, 0.717) is 40.2 Å². The first-order chi connectivity index (χ1) is 13.1. The maximum Gasteiger partial charge on any atom is 0.258 e. The van der Waals surface area contributed by atoms with E-state index in [1.54, 1.807) is 18.7 Å². The number of carbonyl (C=O) groups excluding carboxylic acids is 2. The molecule has 2 aromatic rings. The molecule has 28 heavy (non-hydrogen) atoms. The molecule has 9 heteroatoms. The summed E-state index contributed by atoms with van der Waals surface area (Å²) in [6, 6.07) is 5.91. The Kier molecular flexibility index (Phi) is 5.79. The normalized spacial score (nSPS) is 15.6. The first kappa shape index (κ1) is 20.8. The number of aryl methyl sites for hydroxylation is 2. The number of piperazine rings is 1. The monoisotopic (exact) mass is 468 g/mol. The second-order valence-electron chi connectivity index (χ2n) is 6.68. The number of rotatable bonds is 4. The summed E-state index contributed by atoms with van der Waals surface area (Å²) in [6.07, 6.45) is 0. The number of hydrogen-bond acceptors (Lipinski definition) is 5. The van der Waals surface area contributed by atoms with E-state index in [-0.39, 0.29) is 29.7 Å². The Morgan fingerprint density at radius 2 is 1.57 bits per heavy atom. The smallest absolute Gasteiger partial charge is 0.258 e. The van der Waals surface area contributed by atoms with Gasteiger partial charge in [-0.15, -0.1) is 0 Å². The molecule has 1 saturated heterocycles. The highest BCUT2D eigenvalue weighted by Gasteiger charge is 2.32. The Bertz CT molecular complexity index is 1020. The molecule has 1 aliphatic rings. The van der Waals surface area contributed by atoms with Crippen LogP contribution in [0.5, 0.6) is 0 Å². The number of furan rings is 1. The van der Waals surface area contributed by atoms with Gasteiger partial charge in [0.05, 0.1) is 14.9 Å². The molecule has 7 nitrogen and oxygen atoms in total. The van der Waals surface area contributed by atoms with Gasteiger partial charge in [-0.05, 0) is 48.8 Å². The lowest BCUT2D eigenvalue weighted by atomic mass is 10.2. The number of ketones is 1. The van der Waals surface area contributed by atoms with Crippen LogP contribution in [0.1, 0.15) is 39.2 Å². The maximum absolute atomic E-state index is 12.8. The molecule has 3 rings (SSSR count). The van der Waals surface area contributed by atoms with E-state index in [4.69, 9.17) is 4.42 Å². The third-order valence-corrected chi connectivity index (χ3v) is 7.69. The molecule has 0 spiro atoms. The fourth-order valence-electron chi connectivity index (χ4n) is 3.20. The van der Waals surface area contributed by atoms with Gasteiger partial charge in [-0.3, -0.25) is 9.59 Å². The first-order valence-corrected chi connectivity index (χ1v) is 11.0. The van der Waals surface area contributed by atoms with Gasteiger partial charge < -0.3 is 9.32 Å². The molecule has 0 radical (unpaired) electrons. The molecule has 2 heterocycles. The Balaban J connectivity index is 1.72. The zero-order chi connectivity index (χ0) is 20.6. The largest absolute Gasteiger partial charge is 0.465 e. The van der Waals surface area contributed by atoms with Crippen LogP contribution in [0.4, 0.5) is 0 Å². The van der Waals surface area contributed by atoms with E-state index >= 15 is 0 Å². The van der Waals surface area contributed by atoms with Crippen LogP contribution in [0.3, 0.4) is 0 Å². The van der Waals surface area contributed by atoms with Gasteiger partial charge in [0.2, 0.25) is 10.0 Å². The van der Waals surface area contributed by atoms with Crippen LogP contribution in [0, 0.1) is 13.8 Å².